The number of aromatic amines is 1. The van der Waals surface area contributed by atoms with Crippen molar-refractivity contribution in [2.24, 2.45) is 0 Å². The predicted molar refractivity (Wildman–Crippen MR) is 110 cm³/mol. The summed E-state index contributed by atoms with van der Waals surface area (Å²) in [6.07, 6.45) is 3.97. The highest BCUT2D eigenvalue weighted by Crippen LogP contribution is 2.25. The normalized spacial score (nSPS) is 15.9. The molecule has 0 saturated carbocycles. The van der Waals surface area contributed by atoms with Crippen LogP contribution in [0.1, 0.15) is 24.0 Å². The topological polar surface area (TPSA) is 45.3 Å². The van der Waals surface area contributed by atoms with Crippen LogP contribution in [0.3, 0.4) is 0 Å². The number of fused-ring (bicyclic) bond motifs is 1. The third kappa shape index (κ3) is 4.18. The number of ether oxygens (including phenoxy) is 1. The number of aromatic nitrogens is 1. The minimum atomic E-state index is -0.0577. The van der Waals surface area contributed by atoms with E-state index in [1.165, 1.54) is 5.56 Å². The first-order valence-electron chi connectivity index (χ1n) is 9.34. The van der Waals surface area contributed by atoms with E-state index in [0.717, 1.165) is 54.2 Å². The lowest BCUT2D eigenvalue weighted by Gasteiger charge is -2.32. The quantitative estimate of drug-likeness (QED) is 0.720. The number of nitrogens with zero attached hydrogens (tertiary/aromatic N) is 1. The number of hydrogen-bond acceptors (Lipinski definition) is 3. The Bertz CT molecular complexity index is 989. The molecule has 1 N–H and O–H groups in total. The Balaban J connectivity index is 1.38. The fourth-order valence-electron chi connectivity index (χ4n) is 3.68. The van der Waals surface area contributed by atoms with Gasteiger partial charge in [-0.3, -0.25) is 9.69 Å². The molecule has 3 aromatic rings. The van der Waals surface area contributed by atoms with Gasteiger partial charge >= 0.3 is 0 Å². The van der Waals surface area contributed by atoms with Crippen molar-refractivity contribution in [2.45, 2.75) is 32.4 Å². The molecule has 0 amide bonds. The van der Waals surface area contributed by atoms with Crippen molar-refractivity contribution in [3.63, 3.8) is 0 Å². The number of likely N-dealkylation sites (tertiary alicyclic amines) is 1. The number of rotatable bonds is 4. The summed E-state index contributed by atoms with van der Waals surface area (Å²) < 4.78 is 6.22. The van der Waals surface area contributed by atoms with Gasteiger partial charge in [0, 0.05) is 36.2 Å². The van der Waals surface area contributed by atoms with Gasteiger partial charge in [-0.2, -0.15) is 0 Å². The molecule has 27 heavy (non-hydrogen) atoms. The van der Waals surface area contributed by atoms with Crippen LogP contribution in [0.5, 0.6) is 5.75 Å². The van der Waals surface area contributed by atoms with E-state index in [1.807, 2.05) is 37.3 Å². The highest BCUT2D eigenvalue weighted by molar-refractivity contribution is 6.30. The molecule has 0 aliphatic carbocycles. The maximum atomic E-state index is 11.9. The molecule has 1 aliphatic heterocycles. The number of H-pyrrole nitrogens is 1. The molecule has 1 aliphatic rings. The van der Waals surface area contributed by atoms with E-state index >= 15 is 0 Å². The zero-order chi connectivity index (χ0) is 18.8. The molecule has 0 radical (unpaired) electrons. The number of aryl methyl sites for hydroxylation is 1. The lowest BCUT2D eigenvalue weighted by atomic mass is 10.1. The van der Waals surface area contributed by atoms with Crippen LogP contribution >= 0.6 is 11.6 Å². The number of piperidine rings is 1. The highest BCUT2D eigenvalue weighted by atomic mass is 35.5. The zero-order valence-electron chi connectivity index (χ0n) is 15.4. The van der Waals surface area contributed by atoms with Gasteiger partial charge in [0.25, 0.3) is 5.56 Å². The Kier molecular flexibility index (Phi) is 5.19. The van der Waals surface area contributed by atoms with Gasteiger partial charge in [-0.05, 0) is 66.6 Å². The molecule has 1 aromatic heterocycles. The second-order valence-electron chi connectivity index (χ2n) is 7.23. The summed E-state index contributed by atoms with van der Waals surface area (Å²) in [7, 11) is 0. The highest BCUT2D eigenvalue weighted by Gasteiger charge is 2.21. The van der Waals surface area contributed by atoms with E-state index in [2.05, 4.69) is 22.0 Å². The Morgan fingerprint density at radius 2 is 1.85 bits per heavy atom. The van der Waals surface area contributed by atoms with Gasteiger partial charge < -0.3 is 9.72 Å². The number of hydrogen-bond donors (Lipinski definition) is 1. The summed E-state index contributed by atoms with van der Waals surface area (Å²) in [5.74, 6) is 0.840. The van der Waals surface area contributed by atoms with Gasteiger partial charge in [0.05, 0.1) is 0 Å². The van der Waals surface area contributed by atoms with E-state index in [1.54, 1.807) is 6.20 Å². The molecule has 2 heterocycles. The maximum Gasteiger partial charge on any atom is 0.255 e. The van der Waals surface area contributed by atoms with Crippen LogP contribution in [-0.4, -0.2) is 29.1 Å². The molecule has 0 unspecified atom stereocenters. The maximum absolute atomic E-state index is 11.9. The lowest BCUT2D eigenvalue weighted by molar-refractivity contribution is 0.0969. The second kappa shape index (κ2) is 7.75. The van der Waals surface area contributed by atoms with E-state index in [0.29, 0.717) is 5.39 Å². The van der Waals surface area contributed by atoms with Gasteiger partial charge in [0.15, 0.2) is 0 Å². The molecule has 4 rings (SSSR count). The monoisotopic (exact) mass is 382 g/mol. The van der Waals surface area contributed by atoms with Crippen molar-refractivity contribution < 1.29 is 4.74 Å². The molecule has 5 heteroatoms. The minimum absolute atomic E-state index is 0.0577. The summed E-state index contributed by atoms with van der Waals surface area (Å²) in [5.41, 5.74) is 2.28. The van der Waals surface area contributed by atoms with E-state index in [-0.39, 0.29) is 11.7 Å². The lowest BCUT2D eigenvalue weighted by Crippen LogP contribution is -2.37. The van der Waals surface area contributed by atoms with Crippen LogP contribution in [0.4, 0.5) is 0 Å². The standard InChI is InChI=1S/C22H23ClN2O2/c1-15-13-24-22(26)20-7-6-19(12-21(15)20)27-18-8-10-25(11-9-18)14-16-2-4-17(23)5-3-16/h2-7,12-13,18H,8-11,14H2,1H3,(H,24,26). The molecule has 0 spiro atoms. The molecule has 1 fully saturated rings. The van der Waals surface area contributed by atoms with Gasteiger partial charge in [-0.1, -0.05) is 23.7 Å². The molecule has 140 valence electrons. The van der Waals surface area contributed by atoms with Gasteiger partial charge in [0.1, 0.15) is 11.9 Å². The molecular formula is C22H23ClN2O2. The fraction of sp³-hybridized carbons (Fsp3) is 0.318. The first-order valence-corrected chi connectivity index (χ1v) is 9.72. The summed E-state index contributed by atoms with van der Waals surface area (Å²) >= 11 is 5.96. The van der Waals surface area contributed by atoms with Crippen LogP contribution in [-0.2, 0) is 6.54 Å². The Morgan fingerprint density at radius 3 is 2.59 bits per heavy atom. The van der Waals surface area contributed by atoms with E-state index in [9.17, 15) is 4.79 Å². The Labute approximate surface area is 163 Å². The average Bonchev–Trinajstić information content (AvgIpc) is 2.68. The average molecular weight is 383 g/mol. The van der Waals surface area contributed by atoms with Gasteiger partial charge in [-0.15, -0.1) is 0 Å². The Morgan fingerprint density at radius 1 is 1.11 bits per heavy atom. The molecule has 0 atom stereocenters. The smallest absolute Gasteiger partial charge is 0.255 e. The Hall–Kier alpha value is -2.30. The van der Waals surface area contributed by atoms with Gasteiger partial charge in [0.2, 0.25) is 0 Å². The third-order valence-electron chi connectivity index (χ3n) is 5.24. The van der Waals surface area contributed by atoms with Crippen molar-refractivity contribution in [1.29, 1.82) is 0 Å². The number of halogens is 1. The van der Waals surface area contributed by atoms with Crippen molar-refractivity contribution in [3.8, 4) is 5.75 Å². The van der Waals surface area contributed by atoms with E-state index < -0.39 is 0 Å². The van der Waals surface area contributed by atoms with Crippen LogP contribution in [0.15, 0.2) is 53.5 Å². The number of benzene rings is 2. The number of pyridine rings is 1. The van der Waals surface area contributed by atoms with Crippen LogP contribution in [0.25, 0.3) is 10.8 Å². The van der Waals surface area contributed by atoms with E-state index in [4.69, 9.17) is 16.3 Å². The first kappa shape index (κ1) is 18.1. The summed E-state index contributed by atoms with van der Waals surface area (Å²) in [5, 5.41) is 2.44. The van der Waals surface area contributed by atoms with Gasteiger partial charge in [-0.25, -0.2) is 0 Å². The predicted octanol–water partition coefficient (Wildman–Crippen LogP) is 4.53. The van der Waals surface area contributed by atoms with Crippen molar-refractivity contribution in [3.05, 3.63) is 75.2 Å². The fourth-order valence-corrected chi connectivity index (χ4v) is 3.80. The van der Waals surface area contributed by atoms with Crippen molar-refractivity contribution >= 4 is 22.4 Å². The zero-order valence-corrected chi connectivity index (χ0v) is 16.1. The number of nitrogens with one attached hydrogen (secondary N) is 1. The van der Waals surface area contributed by atoms with Crippen molar-refractivity contribution in [2.75, 3.05) is 13.1 Å². The van der Waals surface area contributed by atoms with Crippen LogP contribution in [0.2, 0.25) is 5.02 Å². The van der Waals surface area contributed by atoms with Crippen LogP contribution < -0.4 is 10.3 Å². The molecular weight excluding hydrogens is 360 g/mol. The summed E-state index contributed by atoms with van der Waals surface area (Å²) in [6, 6.07) is 13.8. The molecule has 0 bridgehead atoms. The summed E-state index contributed by atoms with van der Waals surface area (Å²) in [6.45, 7) is 4.97. The largest absolute Gasteiger partial charge is 0.490 e. The van der Waals surface area contributed by atoms with Crippen molar-refractivity contribution in [1.82, 2.24) is 9.88 Å². The molecule has 4 nitrogen and oxygen atoms in total. The molecule has 2 aromatic carbocycles. The third-order valence-corrected chi connectivity index (χ3v) is 5.49. The SMILES string of the molecule is Cc1c[nH]c(=O)c2ccc(OC3CCN(Cc4ccc(Cl)cc4)CC3)cc12. The molecule has 1 saturated heterocycles. The first-order chi connectivity index (χ1) is 13.1. The minimum Gasteiger partial charge on any atom is -0.490 e. The summed E-state index contributed by atoms with van der Waals surface area (Å²) in [4.78, 5) is 17.1. The second-order valence-corrected chi connectivity index (χ2v) is 7.66. The van der Waals surface area contributed by atoms with Crippen LogP contribution in [0, 0.1) is 6.92 Å².